The zero-order valence-corrected chi connectivity index (χ0v) is 36.7. The van der Waals surface area contributed by atoms with Crippen LogP contribution in [0.2, 0.25) is 0 Å². The van der Waals surface area contributed by atoms with Crippen molar-refractivity contribution in [1.29, 1.82) is 0 Å². The van der Waals surface area contributed by atoms with Crippen molar-refractivity contribution >= 4 is 17.8 Å². The first-order valence-corrected chi connectivity index (χ1v) is 23.9. The summed E-state index contributed by atoms with van der Waals surface area (Å²) in [6.45, 7) is 5.20. The molecule has 0 aromatic heterocycles. The lowest BCUT2D eigenvalue weighted by Gasteiger charge is -2.25. The molecule has 0 aliphatic rings. The average molecular weight is 785 g/mol. The quantitative estimate of drug-likeness (QED) is 0.0524. The highest BCUT2D eigenvalue weighted by Gasteiger charge is 2.22. The average Bonchev–Trinajstić information content (AvgIpc) is 3.20. The Morgan fingerprint density at radius 1 is 0.482 bits per heavy atom. The molecule has 1 atom stereocenters. The van der Waals surface area contributed by atoms with Crippen LogP contribution in [-0.2, 0) is 30.3 Å². The number of esters is 2. The molecule has 0 heterocycles. The van der Waals surface area contributed by atoms with Gasteiger partial charge < -0.3 is 20.1 Å². The molecule has 1 unspecified atom stereocenters. The van der Waals surface area contributed by atoms with E-state index in [0.29, 0.717) is 19.3 Å². The highest BCUT2D eigenvalue weighted by Crippen LogP contribution is 2.16. The lowest BCUT2D eigenvalue weighted by molar-refractivity contribution is -0.148. The Morgan fingerprint density at radius 3 is 1.11 bits per heavy atom. The van der Waals surface area contributed by atoms with Gasteiger partial charge in [-0.25, -0.2) is 0 Å². The molecule has 0 aliphatic carbocycles. The smallest absolute Gasteiger partial charge is 0.305 e. The number of unbranched alkanes of at least 4 members (excludes halogenated alkanes) is 28. The molecule has 7 nitrogen and oxygen atoms in total. The van der Waals surface area contributed by atoms with Crippen LogP contribution in [0.5, 0.6) is 0 Å². The summed E-state index contributed by atoms with van der Waals surface area (Å²) in [6.07, 6.45) is 39.7. The van der Waals surface area contributed by atoms with Crippen molar-refractivity contribution in [1.82, 2.24) is 4.90 Å². The molecule has 0 fully saturated rings. The molecular weight excluding hydrogens is 697 g/mol. The highest BCUT2D eigenvalue weighted by molar-refractivity contribution is 5.82. The zero-order valence-electron chi connectivity index (χ0n) is 36.7. The first-order chi connectivity index (χ1) is 27.5. The third-order valence-electron chi connectivity index (χ3n) is 11.1. The van der Waals surface area contributed by atoms with Crippen molar-refractivity contribution in [2.24, 2.45) is 5.73 Å². The molecule has 56 heavy (non-hydrogen) atoms. The fourth-order valence-corrected chi connectivity index (χ4v) is 7.49. The number of hydrogen-bond donors (Lipinski definition) is 1. The maximum atomic E-state index is 13.4. The largest absolute Gasteiger partial charge is 0.464 e. The number of amides is 1. The molecule has 1 rings (SSSR count). The molecule has 0 radical (unpaired) electrons. The van der Waals surface area contributed by atoms with E-state index in [2.05, 4.69) is 13.8 Å². The summed E-state index contributed by atoms with van der Waals surface area (Å²) in [5, 5.41) is 0. The number of nitrogens with zero attached hydrogens (tertiary/aromatic N) is 1. The van der Waals surface area contributed by atoms with Crippen molar-refractivity contribution in [2.75, 3.05) is 26.3 Å². The minimum atomic E-state index is -0.732. The molecular formula is C49H88N2O5. The van der Waals surface area contributed by atoms with E-state index in [0.717, 1.165) is 44.1 Å². The lowest BCUT2D eigenvalue weighted by Crippen LogP contribution is -2.47. The molecule has 7 heteroatoms. The fraction of sp³-hybridized carbons (Fsp3) is 0.816. The number of hydrogen-bond acceptors (Lipinski definition) is 6. The second-order valence-electron chi connectivity index (χ2n) is 16.5. The standard InChI is InChI=1S/C49H88N2O5/c1-3-5-7-9-11-13-15-17-19-21-23-25-27-29-34-38-47(52)55-42-40-51(49(54)46(50)44-45-36-32-31-33-37-45)41-43-56-48(53)39-35-30-28-26-24-22-20-18-16-14-12-10-8-6-4-2/h31-33,36-37,46H,3-30,34-35,38-44,50H2,1-2H3. The number of ether oxygens (including phenoxy) is 2. The van der Waals surface area contributed by atoms with Gasteiger partial charge in [-0.05, 0) is 24.8 Å². The Labute approximate surface area is 345 Å². The minimum Gasteiger partial charge on any atom is -0.464 e. The van der Waals surface area contributed by atoms with Crippen molar-refractivity contribution in [3.05, 3.63) is 35.9 Å². The highest BCUT2D eigenvalue weighted by atomic mass is 16.5. The monoisotopic (exact) mass is 785 g/mol. The van der Waals surface area contributed by atoms with Crippen LogP contribution in [-0.4, -0.2) is 55.1 Å². The van der Waals surface area contributed by atoms with Gasteiger partial charge in [-0.2, -0.15) is 0 Å². The first-order valence-electron chi connectivity index (χ1n) is 23.9. The molecule has 1 amide bonds. The van der Waals surface area contributed by atoms with Gasteiger partial charge in [0.25, 0.3) is 0 Å². The van der Waals surface area contributed by atoms with Crippen LogP contribution in [0.25, 0.3) is 0 Å². The van der Waals surface area contributed by atoms with Gasteiger partial charge in [-0.3, -0.25) is 14.4 Å². The van der Waals surface area contributed by atoms with Gasteiger partial charge in [0.2, 0.25) is 5.91 Å². The summed E-state index contributed by atoms with van der Waals surface area (Å²) in [5.41, 5.74) is 7.33. The molecule has 0 spiro atoms. The fourth-order valence-electron chi connectivity index (χ4n) is 7.49. The van der Waals surface area contributed by atoms with Crippen LogP contribution >= 0.6 is 0 Å². The van der Waals surface area contributed by atoms with E-state index >= 15 is 0 Å². The van der Waals surface area contributed by atoms with E-state index in [-0.39, 0.29) is 44.1 Å². The maximum absolute atomic E-state index is 13.4. The van der Waals surface area contributed by atoms with Crippen LogP contribution in [0.3, 0.4) is 0 Å². The van der Waals surface area contributed by atoms with Gasteiger partial charge in [0.1, 0.15) is 13.2 Å². The van der Waals surface area contributed by atoms with Crippen molar-refractivity contribution < 1.29 is 23.9 Å². The van der Waals surface area contributed by atoms with Gasteiger partial charge in [-0.1, -0.05) is 224 Å². The Morgan fingerprint density at radius 2 is 0.786 bits per heavy atom. The SMILES string of the molecule is CCCCCCCCCCCCCCCCCC(=O)OCCN(CCOC(=O)CCCCCCCCCCCCCCCCC)C(=O)C(N)Cc1ccccc1. The van der Waals surface area contributed by atoms with E-state index in [4.69, 9.17) is 15.2 Å². The molecule has 1 aromatic carbocycles. The molecule has 2 N–H and O–H groups in total. The lowest BCUT2D eigenvalue weighted by atomic mass is 10.0. The Balaban J connectivity index is 2.22. The number of carbonyl (C=O) groups excluding carboxylic acids is 3. The van der Waals surface area contributed by atoms with Crippen LogP contribution in [0, 0.1) is 0 Å². The topological polar surface area (TPSA) is 98.9 Å². The van der Waals surface area contributed by atoms with Crippen molar-refractivity contribution in [3.63, 3.8) is 0 Å². The Bertz CT molecular complexity index is 983. The van der Waals surface area contributed by atoms with Crippen molar-refractivity contribution in [2.45, 2.75) is 232 Å². The Kier molecular flexibility index (Phi) is 36.3. The molecule has 0 aliphatic heterocycles. The summed E-state index contributed by atoms with van der Waals surface area (Å²) >= 11 is 0. The van der Waals surface area contributed by atoms with Gasteiger partial charge in [0.05, 0.1) is 19.1 Å². The third kappa shape index (κ3) is 32.7. The summed E-state index contributed by atoms with van der Waals surface area (Å²) < 4.78 is 11.0. The second-order valence-corrected chi connectivity index (χ2v) is 16.5. The van der Waals surface area contributed by atoms with E-state index in [1.54, 1.807) is 4.90 Å². The van der Waals surface area contributed by atoms with Crippen LogP contribution < -0.4 is 5.73 Å². The first kappa shape index (κ1) is 51.6. The summed E-state index contributed by atoms with van der Waals surface area (Å²) in [5.74, 6) is -0.683. The Hall–Kier alpha value is -2.41. The normalized spacial score (nSPS) is 11.8. The van der Waals surface area contributed by atoms with E-state index < -0.39 is 6.04 Å². The van der Waals surface area contributed by atoms with Gasteiger partial charge in [0.15, 0.2) is 0 Å². The number of nitrogens with two attached hydrogens (primary N) is 1. The van der Waals surface area contributed by atoms with Crippen molar-refractivity contribution in [3.8, 4) is 0 Å². The predicted molar refractivity (Wildman–Crippen MR) is 236 cm³/mol. The van der Waals surface area contributed by atoms with E-state index in [9.17, 15) is 14.4 Å². The second kappa shape index (κ2) is 39.4. The van der Waals surface area contributed by atoms with E-state index in [1.807, 2.05) is 30.3 Å². The van der Waals surface area contributed by atoms with Gasteiger partial charge in [0, 0.05) is 12.8 Å². The molecule has 1 aromatic rings. The van der Waals surface area contributed by atoms with Crippen LogP contribution in [0.4, 0.5) is 0 Å². The molecule has 0 saturated carbocycles. The number of rotatable bonds is 41. The summed E-state index contributed by atoms with van der Waals surface area (Å²) in [4.78, 5) is 39.9. The summed E-state index contributed by atoms with van der Waals surface area (Å²) in [6, 6.07) is 8.98. The maximum Gasteiger partial charge on any atom is 0.305 e. The van der Waals surface area contributed by atoms with E-state index in [1.165, 1.54) is 154 Å². The predicted octanol–water partition coefficient (Wildman–Crippen LogP) is 13.0. The minimum absolute atomic E-state index is 0.106. The third-order valence-corrected chi connectivity index (χ3v) is 11.1. The molecule has 0 bridgehead atoms. The summed E-state index contributed by atoms with van der Waals surface area (Å²) in [7, 11) is 0. The van der Waals surface area contributed by atoms with Crippen LogP contribution in [0.1, 0.15) is 225 Å². The van der Waals surface area contributed by atoms with Gasteiger partial charge in [-0.15, -0.1) is 0 Å². The molecule has 0 saturated heterocycles. The number of benzene rings is 1. The number of carbonyl (C=O) groups is 3. The molecule has 324 valence electrons. The zero-order chi connectivity index (χ0) is 40.6. The van der Waals surface area contributed by atoms with Gasteiger partial charge >= 0.3 is 11.9 Å². The van der Waals surface area contributed by atoms with Crippen LogP contribution in [0.15, 0.2) is 30.3 Å².